The molecule has 0 aliphatic rings. The van der Waals surface area contributed by atoms with E-state index in [-0.39, 0.29) is 5.75 Å². The van der Waals surface area contributed by atoms with Gasteiger partial charge in [0.1, 0.15) is 5.75 Å². The van der Waals surface area contributed by atoms with Crippen molar-refractivity contribution < 1.29 is 5.11 Å². The second-order valence-corrected chi connectivity index (χ2v) is 2.72. The molecule has 0 aromatic heterocycles. The monoisotopic (exact) mass is 185 g/mol. The maximum absolute atomic E-state index is 8.94. The van der Waals surface area contributed by atoms with Crippen molar-refractivity contribution in [2.24, 2.45) is 0 Å². The van der Waals surface area contributed by atoms with Crippen LogP contribution in [0.5, 0.6) is 5.75 Å². The van der Waals surface area contributed by atoms with E-state index >= 15 is 0 Å². The largest absolute Gasteiger partial charge is 0.508 e. The number of rotatable bonds is 0. The molecule has 0 amide bonds. The molecule has 1 nitrogen and oxygen atoms in total. The predicted octanol–water partition coefficient (Wildman–Crippen LogP) is 2.26. The van der Waals surface area contributed by atoms with Crippen LogP contribution in [0, 0.1) is 13.0 Å². The van der Waals surface area contributed by atoms with Crippen LogP contribution in [-0.2, 0) is 0 Å². The van der Waals surface area contributed by atoms with E-state index in [0.29, 0.717) is 0 Å². The first kappa shape index (κ1) is 6.62. The molecule has 0 fully saturated rings. The summed E-state index contributed by atoms with van der Waals surface area (Å²) in [6.07, 6.45) is 0. The van der Waals surface area contributed by atoms with Gasteiger partial charge in [0, 0.05) is 10.5 Å². The Morgan fingerprint density at radius 1 is 1.56 bits per heavy atom. The zero-order valence-electron chi connectivity index (χ0n) is 4.98. The average molecular weight is 186 g/mol. The van der Waals surface area contributed by atoms with E-state index in [1.54, 1.807) is 12.1 Å². The van der Waals surface area contributed by atoms with Crippen molar-refractivity contribution in [2.45, 2.75) is 6.92 Å². The Morgan fingerprint density at radius 3 is 2.67 bits per heavy atom. The third-order valence-corrected chi connectivity index (χ3v) is 1.38. The van der Waals surface area contributed by atoms with E-state index in [2.05, 4.69) is 22.0 Å². The second kappa shape index (κ2) is 2.40. The summed E-state index contributed by atoms with van der Waals surface area (Å²) < 4.78 is 0.792. The van der Waals surface area contributed by atoms with Gasteiger partial charge in [-0.1, -0.05) is 15.9 Å². The molecule has 0 aliphatic heterocycles. The highest BCUT2D eigenvalue weighted by atomic mass is 79.9. The smallest absolute Gasteiger partial charge is 0.117 e. The molecule has 1 radical (unpaired) electrons. The zero-order chi connectivity index (χ0) is 6.85. The van der Waals surface area contributed by atoms with Gasteiger partial charge < -0.3 is 5.11 Å². The van der Waals surface area contributed by atoms with Gasteiger partial charge in [-0.25, -0.2) is 0 Å². The normalized spacial score (nSPS) is 9.56. The summed E-state index contributed by atoms with van der Waals surface area (Å²) in [4.78, 5) is 0. The molecule has 0 spiro atoms. The highest BCUT2D eigenvalue weighted by Crippen LogP contribution is 2.18. The van der Waals surface area contributed by atoms with Crippen LogP contribution in [-0.4, -0.2) is 5.11 Å². The molecule has 0 atom stereocenters. The van der Waals surface area contributed by atoms with E-state index in [9.17, 15) is 0 Å². The number of aromatic hydroxyl groups is 1. The van der Waals surface area contributed by atoms with Gasteiger partial charge in [-0.05, 0) is 24.6 Å². The fourth-order valence-electron chi connectivity index (χ4n) is 0.654. The van der Waals surface area contributed by atoms with E-state index in [4.69, 9.17) is 5.11 Å². The van der Waals surface area contributed by atoms with Crippen molar-refractivity contribution in [3.8, 4) is 5.75 Å². The molecule has 1 aromatic rings. The maximum atomic E-state index is 8.94. The minimum atomic E-state index is 0.276. The van der Waals surface area contributed by atoms with Gasteiger partial charge >= 0.3 is 0 Å². The van der Waals surface area contributed by atoms with Gasteiger partial charge in [0.05, 0.1) is 0 Å². The van der Waals surface area contributed by atoms with Gasteiger partial charge in [0.2, 0.25) is 0 Å². The van der Waals surface area contributed by atoms with Gasteiger partial charge in [0.25, 0.3) is 0 Å². The number of phenolic OH excluding ortho intramolecular Hbond substituents is 1. The molecule has 0 heterocycles. The van der Waals surface area contributed by atoms with E-state index in [1.807, 2.05) is 6.92 Å². The van der Waals surface area contributed by atoms with Crippen LogP contribution in [0.25, 0.3) is 0 Å². The Balaban J connectivity index is 3.17. The third-order valence-electron chi connectivity index (χ3n) is 0.956. The van der Waals surface area contributed by atoms with E-state index in [0.717, 1.165) is 10.0 Å². The van der Waals surface area contributed by atoms with Crippen LogP contribution >= 0.6 is 15.9 Å². The van der Waals surface area contributed by atoms with E-state index in [1.165, 1.54) is 0 Å². The van der Waals surface area contributed by atoms with Crippen LogP contribution in [0.2, 0.25) is 0 Å². The standard InChI is InChI=1S/C7H6BrO/c1-5-2-6(8)4-7(9)3-5/h3-4,9H,1H3. The lowest BCUT2D eigenvalue weighted by Crippen LogP contribution is -1.71. The minimum Gasteiger partial charge on any atom is -0.508 e. The number of halogens is 1. The average Bonchev–Trinajstić information content (AvgIpc) is 1.59. The van der Waals surface area contributed by atoms with Gasteiger partial charge in [-0.2, -0.15) is 0 Å². The molecule has 1 N–H and O–H groups in total. The Bertz CT molecular complexity index is 170. The Labute approximate surface area is 62.5 Å². The summed E-state index contributed by atoms with van der Waals surface area (Å²) in [5.74, 6) is 0.276. The number of hydrogen-bond acceptors (Lipinski definition) is 1. The zero-order valence-corrected chi connectivity index (χ0v) is 6.57. The molecule has 0 saturated carbocycles. The third kappa shape index (κ3) is 1.72. The van der Waals surface area contributed by atoms with Crippen molar-refractivity contribution in [2.75, 3.05) is 0 Å². The molecule has 0 bridgehead atoms. The number of benzene rings is 1. The summed E-state index contributed by atoms with van der Waals surface area (Å²) in [5.41, 5.74) is 0.932. The molecule has 2 heteroatoms. The lowest BCUT2D eigenvalue weighted by atomic mass is 10.2. The molecule has 1 aromatic carbocycles. The molecule has 0 saturated heterocycles. The first-order chi connectivity index (χ1) is 4.18. The van der Waals surface area contributed by atoms with Crippen LogP contribution in [0.3, 0.4) is 0 Å². The van der Waals surface area contributed by atoms with Crippen LogP contribution in [0.4, 0.5) is 0 Å². The van der Waals surface area contributed by atoms with Crippen molar-refractivity contribution >= 4 is 15.9 Å². The van der Waals surface area contributed by atoms with Gasteiger partial charge in [-0.15, -0.1) is 0 Å². The van der Waals surface area contributed by atoms with Crippen molar-refractivity contribution in [1.29, 1.82) is 0 Å². The predicted molar refractivity (Wildman–Crippen MR) is 39.4 cm³/mol. The first-order valence-electron chi connectivity index (χ1n) is 2.57. The number of phenols is 1. The van der Waals surface area contributed by atoms with Crippen molar-refractivity contribution in [1.82, 2.24) is 0 Å². The molecule has 1 rings (SSSR count). The first-order valence-corrected chi connectivity index (χ1v) is 3.36. The Kier molecular flexibility index (Phi) is 1.76. The maximum Gasteiger partial charge on any atom is 0.117 e. The second-order valence-electron chi connectivity index (χ2n) is 1.87. The van der Waals surface area contributed by atoms with Gasteiger partial charge in [-0.3, -0.25) is 0 Å². The van der Waals surface area contributed by atoms with Gasteiger partial charge in [0.15, 0.2) is 0 Å². The fraction of sp³-hybridized carbons (Fsp3) is 0.143. The minimum absolute atomic E-state index is 0.276. The lowest BCUT2D eigenvalue weighted by Gasteiger charge is -1.93. The summed E-state index contributed by atoms with van der Waals surface area (Å²) >= 11 is 3.20. The number of hydrogen-bond donors (Lipinski definition) is 1. The summed E-state index contributed by atoms with van der Waals surface area (Å²) in [6.45, 7) is 1.88. The molecule has 0 unspecified atom stereocenters. The summed E-state index contributed by atoms with van der Waals surface area (Å²) in [5, 5.41) is 8.94. The highest BCUT2D eigenvalue weighted by molar-refractivity contribution is 9.10. The topological polar surface area (TPSA) is 20.2 Å². The van der Waals surface area contributed by atoms with E-state index < -0.39 is 0 Å². The number of aryl methyl sites for hydroxylation is 1. The summed E-state index contributed by atoms with van der Waals surface area (Å²) in [7, 11) is 0. The molecular weight excluding hydrogens is 180 g/mol. The van der Waals surface area contributed by atoms with Crippen molar-refractivity contribution in [3.63, 3.8) is 0 Å². The van der Waals surface area contributed by atoms with Crippen LogP contribution < -0.4 is 0 Å². The highest BCUT2D eigenvalue weighted by Gasteiger charge is 1.91. The molecule has 9 heavy (non-hydrogen) atoms. The Hall–Kier alpha value is -0.500. The molecule has 47 valence electrons. The molecular formula is C7H6BrO. The summed E-state index contributed by atoms with van der Waals surface area (Å²) in [6, 6.07) is 6.23. The SMILES string of the molecule is Cc1[c]c(Br)cc(O)c1. The molecule has 0 aliphatic carbocycles. The van der Waals surface area contributed by atoms with Crippen LogP contribution in [0.15, 0.2) is 16.6 Å². The van der Waals surface area contributed by atoms with Crippen LogP contribution in [0.1, 0.15) is 5.56 Å². The Morgan fingerprint density at radius 2 is 2.22 bits per heavy atom. The quantitative estimate of drug-likeness (QED) is 0.658. The van der Waals surface area contributed by atoms with Crippen molar-refractivity contribution in [3.05, 3.63) is 28.2 Å². The fourth-order valence-corrected chi connectivity index (χ4v) is 1.20. The lowest BCUT2D eigenvalue weighted by molar-refractivity contribution is 0.474.